The third-order valence-corrected chi connectivity index (χ3v) is 7.97. The average Bonchev–Trinajstić information content (AvgIpc) is 3.22. The van der Waals surface area contributed by atoms with Gasteiger partial charge in [-0.3, -0.25) is 0 Å². The van der Waals surface area contributed by atoms with Gasteiger partial charge in [0.25, 0.3) is 0 Å². The molecule has 0 spiro atoms. The minimum atomic E-state index is 0.0881. The van der Waals surface area contributed by atoms with Gasteiger partial charge in [-0.15, -0.1) is 9.97 Å². The smallest absolute Gasteiger partial charge is 0.328 e. The Balaban J connectivity index is 1.02. The predicted octanol–water partition coefficient (Wildman–Crippen LogP) is 10.3. The predicted molar refractivity (Wildman–Crippen MR) is 210 cm³/mol. The van der Waals surface area contributed by atoms with Gasteiger partial charge in [0.05, 0.1) is 0 Å². The summed E-state index contributed by atoms with van der Waals surface area (Å²) in [6.07, 6.45) is 3.91. The molecule has 2 aromatic heterocycles. The SMILES string of the molecule is Nc1cc(-c2nc(Oc3ccccc3)nc(Oc3ccccc3)n2)ccc1C=Cc1ccc(-c2nc(Oc3ccccc3)nc(Oc3ccccc3)n2)cc1. The Bertz CT molecular complexity index is 2420. The third kappa shape index (κ3) is 8.94. The van der Waals surface area contributed by atoms with Crippen molar-refractivity contribution in [3.63, 3.8) is 0 Å². The van der Waals surface area contributed by atoms with Gasteiger partial charge in [0.2, 0.25) is 0 Å². The lowest BCUT2D eigenvalue weighted by molar-refractivity contribution is 0.398. The Labute approximate surface area is 316 Å². The number of hydrogen-bond donors (Lipinski definition) is 1. The topological polar surface area (TPSA) is 140 Å². The van der Waals surface area contributed by atoms with Gasteiger partial charge in [0, 0.05) is 16.8 Å². The first-order valence-electron chi connectivity index (χ1n) is 17.2. The summed E-state index contributed by atoms with van der Waals surface area (Å²) in [4.78, 5) is 27.1. The van der Waals surface area contributed by atoms with E-state index >= 15 is 0 Å². The normalized spacial score (nSPS) is 10.9. The molecule has 8 aromatic rings. The Kier molecular flexibility index (Phi) is 10.1. The van der Waals surface area contributed by atoms with Crippen LogP contribution in [0.2, 0.25) is 0 Å². The first-order chi connectivity index (χ1) is 27.1. The molecule has 0 bridgehead atoms. The molecule has 0 amide bonds. The van der Waals surface area contributed by atoms with Crippen LogP contribution in [0.15, 0.2) is 164 Å². The van der Waals surface area contributed by atoms with Crippen molar-refractivity contribution in [3.05, 3.63) is 175 Å². The maximum Gasteiger partial charge on any atom is 0.328 e. The van der Waals surface area contributed by atoms with Gasteiger partial charge < -0.3 is 24.7 Å². The van der Waals surface area contributed by atoms with Crippen LogP contribution in [0, 0.1) is 0 Å². The van der Waals surface area contributed by atoms with Crippen molar-refractivity contribution in [1.82, 2.24) is 29.9 Å². The Morgan fingerprint density at radius 1 is 0.364 bits per heavy atom. The summed E-state index contributed by atoms with van der Waals surface area (Å²) >= 11 is 0. The monoisotopic (exact) mass is 721 g/mol. The number of ether oxygens (including phenoxy) is 4. The Hall–Kier alpha value is -7.92. The number of nitrogen functional groups attached to an aromatic ring is 1. The van der Waals surface area contributed by atoms with Gasteiger partial charge in [-0.05, 0) is 65.7 Å². The molecule has 0 unspecified atom stereocenters. The van der Waals surface area contributed by atoms with Crippen LogP contribution in [-0.4, -0.2) is 29.9 Å². The molecule has 0 saturated carbocycles. The zero-order valence-electron chi connectivity index (χ0n) is 29.1. The van der Waals surface area contributed by atoms with Crippen molar-refractivity contribution in [1.29, 1.82) is 0 Å². The van der Waals surface area contributed by atoms with Gasteiger partial charge in [-0.2, -0.15) is 19.9 Å². The van der Waals surface area contributed by atoms with Crippen molar-refractivity contribution in [2.24, 2.45) is 0 Å². The van der Waals surface area contributed by atoms with E-state index < -0.39 is 0 Å². The average molecular weight is 722 g/mol. The fraction of sp³-hybridized carbons (Fsp3) is 0. The van der Waals surface area contributed by atoms with E-state index in [-0.39, 0.29) is 24.0 Å². The highest BCUT2D eigenvalue weighted by atomic mass is 16.5. The standard InChI is InChI=1S/C44H31N7O4/c45-38-29-33(40-48-43(54-36-17-9-3-10-18-36)51-44(49-40)55-37-19-11-4-12-20-37)28-27-31(38)24-21-30-22-25-32(26-23-30)39-46-41(52-34-13-5-1-6-14-34)50-42(47-39)53-35-15-7-2-8-16-35/h1-29H,45H2. The molecular formula is C44H31N7O4. The number of aromatic nitrogens is 6. The van der Waals surface area contributed by atoms with Crippen molar-refractivity contribution in [2.45, 2.75) is 0 Å². The number of benzene rings is 6. The van der Waals surface area contributed by atoms with E-state index in [4.69, 9.17) is 24.7 Å². The fourth-order valence-corrected chi connectivity index (χ4v) is 5.29. The second-order valence-corrected chi connectivity index (χ2v) is 11.9. The highest BCUT2D eigenvalue weighted by molar-refractivity contribution is 5.79. The van der Waals surface area contributed by atoms with E-state index in [1.54, 1.807) is 0 Å². The summed E-state index contributed by atoms with van der Waals surface area (Å²) in [5, 5.41) is 0. The maximum absolute atomic E-state index is 6.55. The zero-order chi connectivity index (χ0) is 37.2. The molecule has 11 heteroatoms. The molecular weight excluding hydrogens is 691 g/mol. The summed E-state index contributed by atoms with van der Waals surface area (Å²) in [7, 11) is 0. The maximum atomic E-state index is 6.55. The summed E-state index contributed by atoms with van der Waals surface area (Å²) in [5.74, 6) is 3.09. The van der Waals surface area contributed by atoms with E-state index in [1.807, 2.05) is 176 Å². The van der Waals surface area contributed by atoms with Crippen LogP contribution in [0.5, 0.6) is 47.0 Å². The lowest BCUT2D eigenvalue weighted by Gasteiger charge is -2.10. The quantitative estimate of drug-likeness (QED) is 0.0952. The van der Waals surface area contributed by atoms with E-state index in [2.05, 4.69) is 29.9 Å². The minimum absolute atomic E-state index is 0.0881. The summed E-state index contributed by atoms with van der Waals surface area (Å²) in [6.45, 7) is 0. The molecule has 8 rings (SSSR count). The Morgan fingerprint density at radius 3 is 1.11 bits per heavy atom. The van der Waals surface area contributed by atoms with Gasteiger partial charge in [0.1, 0.15) is 23.0 Å². The second kappa shape index (κ2) is 16.2. The zero-order valence-corrected chi connectivity index (χ0v) is 29.1. The largest absolute Gasteiger partial charge is 0.424 e. The molecule has 55 heavy (non-hydrogen) atoms. The van der Waals surface area contributed by atoms with Crippen LogP contribution < -0.4 is 24.7 Å². The van der Waals surface area contributed by atoms with Gasteiger partial charge in [-0.1, -0.05) is 121 Å². The molecule has 11 nitrogen and oxygen atoms in total. The van der Waals surface area contributed by atoms with Crippen LogP contribution in [0.1, 0.15) is 11.1 Å². The molecule has 2 N–H and O–H groups in total. The van der Waals surface area contributed by atoms with Crippen LogP contribution >= 0.6 is 0 Å². The van der Waals surface area contributed by atoms with Crippen LogP contribution in [-0.2, 0) is 0 Å². The molecule has 0 aliphatic heterocycles. The molecule has 0 aliphatic carbocycles. The fourth-order valence-electron chi connectivity index (χ4n) is 5.29. The first kappa shape index (κ1) is 34.2. The summed E-state index contributed by atoms with van der Waals surface area (Å²) in [6, 6.07) is 50.9. The number of hydrogen-bond acceptors (Lipinski definition) is 11. The number of anilines is 1. The van der Waals surface area contributed by atoms with Gasteiger partial charge in [0.15, 0.2) is 11.6 Å². The number of nitrogens with two attached hydrogens (primary N) is 1. The van der Waals surface area contributed by atoms with Gasteiger partial charge in [-0.25, -0.2) is 0 Å². The van der Waals surface area contributed by atoms with E-state index in [9.17, 15) is 0 Å². The molecule has 266 valence electrons. The summed E-state index contributed by atoms with van der Waals surface area (Å²) in [5.41, 5.74) is 10.3. The van der Waals surface area contributed by atoms with Gasteiger partial charge >= 0.3 is 24.0 Å². The van der Waals surface area contributed by atoms with Crippen molar-refractivity contribution in [3.8, 4) is 69.8 Å². The van der Waals surface area contributed by atoms with Crippen LogP contribution in [0.4, 0.5) is 5.69 Å². The van der Waals surface area contributed by atoms with E-state index in [0.29, 0.717) is 45.9 Å². The molecule has 0 saturated heterocycles. The first-order valence-corrected chi connectivity index (χ1v) is 17.2. The third-order valence-electron chi connectivity index (χ3n) is 7.97. The van der Waals surface area contributed by atoms with Crippen molar-refractivity contribution in [2.75, 3.05) is 5.73 Å². The number of para-hydroxylation sites is 4. The highest BCUT2D eigenvalue weighted by Crippen LogP contribution is 2.30. The molecule has 2 heterocycles. The van der Waals surface area contributed by atoms with Crippen LogP contribution in [0.3, 0.4) is 0 Å². The molecule has 0 radical (unpaired) electrons. The number of rotatable bonds is 12. The van der Waals surface area contributed by atoms with Crippen molar-refractivity contribution >= 4 is 17.8 Å². The number of nitrogens with zero attached hydrogens (tertiary/aromatic N) is 6. The lowest BCUT2D eigenvalue weighted by atomic mass is 10.1. The molecule has 0 atom stereocenters. The summed E-state index contributed by atoms with van der Waals surface area (Å²) < 4.78 is 23.8. The van der Waals surface area contributed by atoms with E-state index in [1.165, 1.54) is 0 Å². The van der Waals surface area contributed by atoms with E-state index in [0.717, 1.165) is 16.7 Å². The van der Waals surface area contributed by atoms with Crippen LogP contribution in [0.25, 0.3) is 34.9 Å². The molecule has 0 aliphatic rings. The molecule has 6 aromatic carbocycles. The second-order valence-electron chi connectivity index (χ2n) is 11.9. The van der Waals surface area contributed by atoms with Crippen molar-refractivity contribution < 1.29 is 18.9 Å². The highest BCUT2D eigenvalue weighted by Gasteiger charge is 2.15. The molecule has 0 fully saturated rings. The lowest BCUT2D eigenvalue weighted by Crippen LogP contribution is -2.01. The minimum Gasteiger partial charge on any atom is -0.424 e. The Morgan fingerprint density at radius 2 is 0.727 bits per heavy atom.